The van der Waals surface area contributed by atoms with E-state index in [0.29, 0.717) is 0 Å². The Labute approximate surface area is 138 Å². The van der Waals surface area contributed by atoms with Crippen molar-refractivity contribution in [1.82, 2.24) is 5.32 Å². The molecule has 0 unspecified atom stereocenters. The van der Waals surface area contributed by atoms with Gasteiger partial charge in [0.1, 0.15) is 18.0 Å². The number of ether oxygens (including phenoxy) is 1. The van der Waals surface area contributed by atoms with Crippen LogP contribution in [0.3, 0.4) is 0 Å². The van der Waals surface area contributed by atoms with Crippen molar-refractivity contribution in [2.75, 3.05) is 0 Å². The Morgan fingerprint density at radius 3 is 2.70 bits per heavy atom. The van der Waals surface area contributed by atoms with Gasteiger partial charge < -0.3 is 15.2 Å². The van der Waals surface area contributed by atoms with Crippen LogP contribution in [0.15, 0.2) is 54.6 Å². The second-order valence-electron chi connectivity index (χ2n) is 6.37. The molecule has 1 aliphatic carbocycles. The molecule has 1 saturated carbocycles. The third-order valence-corrected chi connectivity index (χ3v) is 4.49. The second-order valence-corrected chi connectivity index (χ2v) is 6.37. The number of hydrogen-bond acceptors (Lipinski definition) is 3. The van der Waals surface area contributed by atoms with Crippen molar-refractivity contribution in [3.05, 3.63) is 65.7 Å². The van der Waals surface area contributed by atoms with E-state index in [1.165, 1.54) is 11.1 Å². The molecular weight excluding hydrogens is 286 g/mol. The molecule has 122 valence electrons. The highest BCUT2D eigenvalue weighted by Crippen LogP contribution is 2.25. The molecule has 0 aliphatic heterocycles. The maximum Gasteiger partial charge on any atom is 0.126 e. The van der Waals surface area contributed by atoms with Gasteiger partial charge in [0.15, 0.2) is 0 Å². The first-order valence-corrected chi connectivity index (χ1v) is 8.41. The van der Waals surface area contributed by atoms with Gasteiger partial charge in [-0.2, -0.15) is 0 Å². The number of aryl methyl sites for hydroxylation is 1. The maximum atomic E-state index is 10.6. The molecule has 1 fully saturated rings. The minimum absolute atomic E-state index is 0.0822. The van der Waals surface area contributed by atoms with Crippen molar-refractivity contribution < 1.29 is 9.84 Å². The van der Waals surface area contributed by atoms with Gasteiger partial charge in [0, 0.05) is 12.6 Å². The summed E-state index contributed by atoms with van der Waals surface area (Å²) in [5, 5.41) is 14.1. The molecule has 0 saturated heterocycles. The summed E-state index contributed by atoms with van der Waals surface area (Å²) in [5.41, 5.74) is 2.41. The fourth-order valence-electron chi connectivity index (χ4n) is 3.20. The van der Waals surface area contributed by atoms with E-state index in [1.54, 1.807) is 0 Å². The summed E-state index contributed by atoms with van der Waals surface area (Å²) in [7, 11) is 0. The van der Waals surface area contributed by atoms with Crippen LogP contribution in [-0.4, -0.2) is 23.4 Å². The van der Waals surface area contributed by atoms with Crippen molar-refractivity contribution in [3.8, 4) is 5.75 Å². The standard InChI is InChI=1S/C20H25NO2/c1-15-7-5-10-17(13-15)23-19-12-6-11-18(20(19)22)21-14-16-8-3-2-4-9-16/h2-5,7-10,13,18-22H,6,11-12,14H2,1H3/t18-,19+,20+/m0/s1. The van der Waals surface area contributed by atoms with E-state index in [1.807, 2.05) is 49.4 Å². The van der Waals surface area contributed by atoms with Gasteiger partial charge in [-0.1, -0.05) is 42.5 Å². The van der Waals surface area contributed by atoms with E-state index < -0.39 is 6.10 Å². The quantitative estimate of drug-likeness (QED) is 0.889. The van der Waals surface area contributed by atoms with Crippen molar-refractivity contribution in [2.45, 2.75) is 51.0 Å². The summed E-state index contributed by atoms with van der Waals surface area (Å²) < 4.78 is 6.04. The molecule has 3 nitrogen and oxygen atoms in total. The first-order chi connectivity index (χ1) is 11.2. The van der Waals surface area contributed by atoms with E-state index in [4.69, 9.17) is 4.74 Å². The Bertz CT molecular complexity index is 614. The van der Waals surface area contributed by atoms with Crippen molar-refractivity contribution in [2.24, 2.45) is 0 Å². The molecular formula is C20H25NO2. The Hall–Kier alpha value is -1.84. The van der Waals surface area contributed by atoms with Crippen LogP contribution in [0.5, 0.6) is 5.75 Å². The van der Waals surface area contributed by atoms with Crippen LogP contribution in [0, 0.1) is 6.92 Å². The molecule has 1 aliphatic rings. The lowest BCUT2D eigenvalue weighted by Gasteiger charge is -2.35. The molecule has 0 spiro atoms. The van der Waals surface area contributed by atoms with Gasteiger partial charge in [-0.05, 0) is 49.4 Å². The van der Waals surface area contributed by atoms with E-state index >= 15 is 0 Å². The molecule has 2 aromatic carbocycles. The minimum atomic E-state index is -0.479. The fraction of sp³-hybridized carbons (Fsp3) is 0.400. The van der Waals surface area contributed by atoms with Crippen LogP contribution in [0.25, 0.3) is 0 Å². The average Bonchev–Trinajstić information content (AvgIpc) is 2.57. The first kappa shape index (κ1) is 16.0. The average molecular weight is 311 g/mol. The predicted molar refractivity (Wildman–Crippen MR) is 92.5 cm³/mol. The summed E-state index contributed by atoms with van der Waals surface area (Å²) in [4.78, 5) is 0. The van der Waals surface area contributed by atoms with Gasteiger partial charge in [0.25, 0.3) is 0 Å². The highest BCUT2D eigenvalue weighted by molar-refractivity contribution is 5.27. The van der Waals surface area contributed by atoms with Gasteiger partial charge in [0.05, 0.1) is 0 Å². The van der Waals surface area contributed by atoms with Gasteiger partial charge in [-0.3, -0.25) is 0 Å². The number of aliphatic hydroxyl groups is 1. The summed E-state index contributed by atoms with van der Waals surface area (Å²) >= 11 is 0. The zero-order chi connectivity index (χ0) is 16.1. The third kappa shape index (κ3) is 4.34. The topological polar surface area (TPSA) is 41.5 Å². The monoisotopic (exact) mass is 311 g/mol. The van der Waals surface area contributed by atoms with E-state index in [9.17, 15) is 5.11 Å². The number of hydrogen-bond donors (Lipinski definition) is 2. The predicted octanol–water partition coefficient (Wildman–Crippen LogP) is 3.45. The Balaban J connectivity index is 1.58. The van der Waals surface area contributed by atoms with Crippen LogP contribution in [0.1, 0.15) is 30.4 Å². The largest absolute Gasteiger partial charge is 0.488 e. The van der Waals surface area contributed by atoms with Crippen LogP contribution in [-0.2, 0) is 6.54 Å². The van der Waals surface area contributed by atoms with Gasteiger partial charge in [0.2, 0.25) is 0 Å². The van der Waals surface area contributed by atoms with Crippen LogP contribution in [0.2, 0.25) is 0 Å². The van der Waals surface area contributed by atoms with Crippen molar-refractivity contribution >= 4 is 0 Å². The summed E-state index contributed by atoms with van der Waals surface area (Å²) in [6, 6.07) is 18.4. The zero-order valence-corrected chi connectivity index (χ0v) is 13.6. The molecule has 3 heteroatoms. The van der Waals surface area contributed by atoms with E-state index in [-0.39, 0.29) is 12.1 Å². The Morgan fingerprint density at radius 2 is 1.91 bits per heavy atom. The lowest BCUT2D eigenvalue weighted by Crippen LogP contribution is -2.50. The van der Waals surface area contributed by atoms with Gasteiger partial charge in [-0.15, -0.1) is 0 Å². The third-order valence-electron chi connectivity index (χ3n) is 4.49. The van der Waals surface area contributed by atoms with E-state index in [0.717, 1.165) is 31.6 Å². The molecule has 0 bridgehead atoms. The van der Waals surface area contributed by atoms with Crippen LogP contribution >= 0.6 is 0 Å². The highest BCUT2D eigenvalue weighted by Gasteiger charge is 2.33. The SMILES string of the molecule is Cc1cccc(O[C@@H]2CCC[C@H](NCc3ccccc3)[C@H]2O)c1. The number of rotatable bonds is 5. The highest BCUT2D eigenvalue weighted by atomic mass is 16.5. The van der Waals surface area contributed by atoms with Gasteiger partial charge >= 0.3 is 0 Å². The summed E-state index contributed by atoms with van der Waals surface area (Å²) in [6.45, 7) is 2.83. The van der Waals surface area contributed by atoms with Crippen LogP contribution < -0.4 is 10.1 Å². The molecule has 0 amide bonds. The molecule has 3 atom stereocenters. The number of aliphatic hydroxyl groups excluding tert-OH is 1. The van der Waals surface area contributed by atoms with Crippen molar-refractivity contribution in [1.29, 1.82) is 0 Å². The molecule has 23 heavy (non-hydrogen) atoms. The smallest absolute Gasteiger partial charge is 0.126 e. The second kappa shape index (κ2) is 7.62. The maximum absolute atomic E-state index is 10.6. The first-order valence-electron chi connectivity index (χ1n) is 8.41. The van der Waals surface area contributed by atoms with Crippen molar-refractivity contribution in [3.63, 3.8) is 0 Å². The normalized spacial score (nSPS) is 24.3. The molecule has 2 aromatic rings. The van der Waals surface area contributed by atoms with E-state index in [2.05, 4.69) is 17.4 Å². The molecule has 0 radical (unpaired) electrons. The number of benzene rings is 2. The fourth-order valence-corrected chi connectivity index (χ4v) is 3.20. The molecule has 3 rings (SSSR count). The number of nitrogens with one attached hydrogen (secondary N) is 1. The minimum Gasteiger partial charge on any atom is -0.488 e. The Kier molecular flexibility index (Phi) is 5.31. The lowest BCUT2D eigenvalue weighted by atomic mass is 9.89. The molecule has 0 aromatic heterocycles. The lowest BCUT2D eigenvalue weighted by molar-refractivity contribution is -0.0157. The van der Waals surface area contributed by atoms with Gasteiger partial charge in [-0.25, -0.2) is 0 Å². The molecule has 2 N–H and O–H groups in total. The zero-order valence-electron chi connectivity index (χ0n) is 13.6. The Morgan fingerprint density at radius 1 is 1.09 bits per heavy atom. The summed E-state index contributed by atoms with van der Waals surface area (Å²) in [6.07, 6.45) is 2.34. The summed E-state index contributed by atoms with van der Waals surface area (Å²) in [5.74, 6) is 0.845. The van der Waals surface area contributed by atoms with Crippen LogP contribution in [0.4, 0.5) is 0 Å². The molecule has 0 heterocycles.